The van der Waals surface area contributed by atoms with E-state index in [2.05, 4.69) is 15.3 Å². The highest BCUT2D eigenvalue weighted by atomic mass is 16.6. The molecule has 1 atom stereocenters. The number of nitrogens with one attached hydrogen (secondary N) is 1. The summed E-state index contributed by atoms with van der Waals surface area (Å²) in [5.41, 5.74) is -0.340. The van der Waals surface area contributed by atoms with Gasteiger partial charge in [0, 0.05) is 19.5 Å². The number of rotatable bonds is 9. The topological polar surface area (TPSA) is 131 Å². The van der Waals surface area contributed by atoms with E-state index in [4.69, 9.17) is 4.74 Å². The Hall–Kier alpha value is -3.43. The summed E-state index contributed by atoms with van der Waals surface area (Å²) in [5, 5.41) is 24.0. The van der Waals surface area contributed by atoms with Gasteiger partial charge in [0.25, 0.3) is 0 Å². The number of aromatic hydroxyl groups is 1. The zero-order valence-electron chi connectivity index (χ0n) is 18.5. The van der Waals surface area contributed by atoms with Gasteiger partial charge in [0.1, 0.15) is 23.6 Å². The summed E-state index contributed by atoms with van der Waals surface area (Å²) < 4.78 is 5.51. The smallest absolute Gasteiger partial charge is 0.329 e. The van der Waals surface area contributed by atoms with E-state index >= 15 is 0 Å². The molecule has 0 spiro atoms. The molecule has 10 heteroatoms. The first-order chi connectivity index (χ1) is 14.5. The van der Waals surface area contributed by atoms with E-state index in [0.29, 0.717) is 19.0 Å². The third-order valence-corrected chi connectivity index (χ3v) is 4.38. The Balaban J connectivity index is 2.43. The van der Waals surface area contributed by atoms with Crippen molar-refractivity contribution >= 4 is 23.4 Å². The number of hydrogen-bond acceptors (Lipinski definition) is 9. The van der Waals surface area contributed by atoms with E-state index in [0.717, 1.165) is 11.8 Å². The number of esters is 1. The standard InChI is InChI=1S/C21H29N5O5/c1-6-25(7-2)20-22-13-17(26(29)30)18(24-20)23-16(19(28)31-21(3,4)5)12-14-8-10-15(27)11-9-14/h8-11,13,16,27H,6-7,12H2,1-5H3,(H,22,23,24)/t16-/m0/s1. The average Bonchev–Trinajstić information content (AvgIpc) is 2.68. The average molecular weight is 431 g/mol. The molecule has 0 fully saturated rings. The molecule has 168 valence electrons. The SMILES string of the molecule is CCN(CC)c1ncc([N+](=O)[O-])c(N[C@@H](Cc2ccc(O)cc2)C(=O)OC(C)(C)C)n1. The number of phenols is 1. The van der Waals surface area contributed by atoms with Crippen LogP contribution in [-0.2, 0) is 16.0 Å². The highest BCUT2D eigenvalue weighted by molar-refractivity contribution is 5.81. The molecule has 0 aliphatic rings. The van der Waals surface area contributed by atoms with Crippen molar-refractivity contribution < 1.29 is 19.6 Å². The van der Waals surface area contributed by atoms with Gasteiger partial charge in [0.15, 0.2) is 0 Å². The molecule has 10 nitrogen and oxygen atoms in total. The maximum Gasteiger partial charge on any atom is 0.329 e. The zero-order valence-corrected chi connectivity index (χ0v) is 18.5. The second-order valence-corrected chi connectivity index (χ2v) is 7.93. The summed E-state index contributed by atoms with van der Waals surface area (Å²) in [6.45, 7) is 10.3. The highest BCUT2D eigenvalue weighted by Gasteiger charge is 2.29. The van der Waals surface area contributed by atoms with Crippen LogP contribution in [-0.4, -0.2) is 50.7 Å². The molecule has 0 bridgehead atoms. The molecule has 0 aliphatic heterocycles. The quantitative estimate of drug-likeness (QED) is 0.349. The van der Waals surface area contributed by atoms with Crippen LogP contribution in [0.3, 0.4) is 0 Å². The molecule has 2 aromatic rings. The molecule has 0 amide bonds. The van der Waals surface area contributed by atoms with Gasteiger partial charge in [0.2, 0.25) is 11.8 Å². The fourth-order valence-corrected chi connectivity index (χ4v) is 2.86. The number of anilines is 2. The van der Waals surface area contributed by atoms with Gasteiger partial charge in [-0.3, -0.25) is 10.1 Å². The van der Waals surface area contributed by atoms with Crippen molar-refractivity contribution in [1.82, 2.24) is 9.97 Å². The van der Waals surface area contributed by atoms with Gasteiger partial charge in [-0.1, -0.05) is 12.1 Å². The second-order valence-electron chi connectivity index (χ2n) is 7.93. The van der Waals surface area contributed by atoms with Crippen LogP contribution in [0.1, 0.15) is 40.2 Å². The number of ether oxygens (including phenoxy) is 1. The summed E-state index contributed by atoms with van der Waals surface area (Å²) in [5.74, 6) is -0.207. The van der Waals surface area contributed by atoms with Gasteiger partial charge < -0.3 is 20.1 Å². The third-order valence-electron chi connectivity index (χ3n) is 4.38. The van der Waals surface area contributed by atoms with Gasteiger partial charge >= 0.3 is 11.7 Å². The number of carbonyl (C=O) groups is 1. The first-order valence-corrected chi connectivity index (χ1v) is 10.1. The van der Waals surface area contributed by atoms with Crippen LogP contribution in [0.2, 0.25) is 0 Å². The Morgan fingerprint density at radius 3 is 2.39 bits per heavy atom. The molecule has 31 heavy (non-hydrogen) atoms. The molecule has 1 aromatic carbocycles. The Morgan fingerprint density at radius 2 is 1.87 bits per heavy atom. The summed E-state index contributed by atoms with van der Waals surface area (Å²) in [7, 11) is 0. The van der Waals surface area contributed by atoms with Crippen LogP contribution in [0.5, 0.6) is 5.75 Å². The van der Waals surface area contributed by atoms with Crippen LogP contribution in [0.25, 0.3) is 0 Å². The van der Waals surface area contributed by atoms with Crippen molar-refractivity contribution in [2.75, 3.05) is 23.3 Å². The van der Waals surface area contributed by atoms with Gasteiger partial charge in [-0.25, -0.2) is 9.78 Å². The lowest BCUT2D eigenvalue weighted by Crippen LogP contribution is -2.38. The monoisotopic (exact) mass is 431 g/mol. The lowest BCUT2D eigenvalue weighted by Gasteiger charge is -2.25. The number of aromatic nitrogens is 2. The molecule has 1 aromatic heterocycles. The van der Waals surface area contributed by atoms with E-state index in [1.165, 1.54) is 12.1 Å². The summed E-state index contributed by atoms with van der Waals surface area (Å²) >= 11 is 0. The van der Waals surface area contributed by atoms with Crippen LogP contribution in [0.15, 0.2) is 30.5 Å². The van der Waals surface area contributed by atoms with Gasteiger partial charge in [-0.2, -0.15) is 4.98 Å². The molecule has 0 saturated carbocycles. The van der Waals surface area contributed by atoms with E-state index in [-0.39, 0.29) is 23.7 Å². The van der Waals surface area contributed by atoms with E-state index in [1.807, 2.05) is 18.7 Å². The minimum absolute atomic E-state index is 0.0588. The maximum atomic E-state index is 12.9. The lowest BCUT2D eigenvalue weighted by molar-refractivity contribution is -0.384. The van der Waals surface area contributed by atoms with Crippen molar-refractivity contribution in [2.24, 2.45) is 0 Å². The van der Waals surface area contributed by atoms with Crippen LogP contribution in [0, 0.1) is 10.1 Å². The van der Waals surface area contributed by atoms with Crippen LogP contribution in [0.4, 0.5) is 17.5 Å². The minimum Gasteiger partial charge on any atom is -0.508 e. The lowest BCUT2D eigenvalue weighted by atomic mass is 10.1. The second kappa shape index (κ2) is 10.1. The van der Waals surface area contributed by atoms with Crippen molar-refractivity contribution in [3.63, 3.8) is 0 Å². The first-order valence-electron chi connectivity index (χ1n) is 10.1. The van der Waals surface area contributed by atoms with E-state index in [9.17, 15) is 20.0 Å². The predicted molar refractivity (Wildman–Crippen MR) is 117 cm³/mol. The van der Waals surface area contributed by atoms with Crippen molar-refractivity contribution in [3.8, 4) is 5.75 Å². The Bertz CT molecular complexity index is 907. The number of benzene rings is 1. The molecular weight excluding hydrogens is 402 g/mol. The molecule has 2 N–H and O–H groups in total. The molecule has 0 radical (unpaired) electrons. The maximum absolute atomic E-state index is 12.9. The summed E-state index contributed by atoms with van der Waals surface area (Å²) in [4.78, 5) is 34.1. The minimum atomic E-state index is -0.943. The molecule has 0 saturated heterocycles. The van der Waals surface area contributed by atoms with Crippen molar-refractivity contribution in [2.45, 2.75) is 52.7 Å². The Morgan fingerprint density at radius 1 is 1.26 bits per heavy atom. The summed E-state index contributed by atoms with van der Waals surface area (Å²) in [6, 6.07) is 5.41. The number of nitrogens with zero attached hydrogens (tertiary/aromatic N) is 4. The van der Waals surface area contributed by atoms with E-state index < -0.39 is 22.5 Å². The fourth-order valence-electron chi connectivity index (χ4n) is 2.86. The van der Waals surface area contributed by atoms with Gasteiger partial charge in [0.05, 0.1) is 4.92 Å². The first kappa shape index (κ1) is 23.8. The van der Waals surface area contributed by atoms with Gasteiger partial charge in [-0.15, -0.1) is 0 Å². The molecule has 1 heterocycles. The summed E-state index contributed by atoms with van der Waals surface area (Å²) in [6.07, 6.45) is 1.31. The number of hydrogen-bond donors (Lipinski definition) is 2. The fraction of sp³-hybridized carbons (Fsp3) is 0.476. The number of carbonyl (C=O) groups excluding carboxylic acids is 1. The zero-order chi connectivity index (χ0) is 23.2. The normalized spacial score (nSPS) is 12.2. The van der Waals surface area contributed by atoms with Crippen LogP contribution >= 0.6 is 0 Å². The third kappa shape index (κ3) is 6.80. The molecule has 0 unspecified atom stereocenters. The molecular formula is C21H29N5O5. The Kier molecular flexibility index (Phi) is 7.73. The number of phenolic OH excluding ortho intramolecular Hbond substituents is 1. The number of nitro groups is 1. The highest BCUT2D eigenvalue weighted by Crippen LogP contribution is 2.26. The van der Waals surface area contributed by atoms with Gasteiger partial charge in [-0.05, 0) is 52.3 Å². The van der Waals surface area contributed by atoms with Crippen molar-refractivity contribution in [3.05, 3.63) is 46.1 Å². The molecule has 2 rings (SSSR count). The Labute approximate surface area is 181 Å². The van der Waals surface area contributed by atoms with Crippen LogP contribution < -0.4 is 10.2 Å². The van der Waals surface area contributed by atoms with Crippen molar-refractivity contribution in [1.29, 1.82) is 0 Å². The van der Waals surface area contributed by atoms with E-state index in [1.54, 1.807) is 32.9 Å². The largest absolute Gasteiger partial charge is 0.508 e. The molecule has 0 aliphatic carbocycles. The predicted octanol–water partition coefficient (Wildman–Crippen LogP) is 3.30.